The number of rotatable bonds is 3. The second-order valence-corrected chi connectivity index (χ2v) is 1.96. The van der Waals surface area contributed by atoms with Crippen LogP contribution >= 0.6 is 0 Å². The molecule has 2 heteroatoms. The zero-order valence-electron chi connectivity index (χ0n) is 6.28. The molecule has 0 nitrogen and oxygen atoms in total. The second kappa shape index (κ2) is 7.66. The van der Waals surface area contributed by atoms with Gasteiger partial charge in [-0.15, -0.1) is 0 Å². The Hall–Kier alpha value is 0.662. The SMILES string of the molecule is [B-][C@H](CC)CCC.[Li+]. The van der Waals surface area contributed by atoms with Crippen LogP contribution in [0.25, 0.3) is 0 Å². The van der Waals surface area contributed by atoms with Gasteiger partial charge in [0.05, 0.1) is 0 Å². The first kappa shape index (κ1) is 11.5. The van der Waals surface area contributed by atoms with Crippen molar-refractivity contribution in [2.45, 2.75) is 38.9 Å². The zero-order chi connectivity index (χ0) is 5.70. The first-order valence-corrected chi connectivity index (χ1v) is 3.06. The molecule has 0 bridgehead atoms. The van der Waals surface area contributed by atoms with E-state index in [4.69, 9.17) is 7.85 Å². The van der Waals surface area contributed by atoms with Crippen LogP contribution in [0, 0.1) is 0 Å². The van der Waals surface area contributed by atoms with Crippen molar-refractivity contribution in [1.82, 2.24) is 0 Å². The predicted molar refractivity (Wildman–Crippen MR) is 34.7 cm³/mol. The molecule has 0 heterocycles. The third-order valence-electron chi connectivity index (χ3n) is 1.18. The van der Waals surface area contributed by atoms with Crippen molar-refractivity contribution in [3.05, 3.63) is 0 Å². The van der Waals surface area contributed by atoms with Gasteiger partial charge in [-0.05, 0) is 0 Å². The molecule has 0 saturated carbocycles. The number of hydrogen-bond donors (Lipinski definition) is 0. The molecule has 0 rings (SSSR count). The molecule has 0 aliphatic heterocycles. The summed E-state index contributed by atoms with van der Waals surface area (Å²) in [6.45, 7) is 4.29. The molecule has 3 radical (unpaired) electrons. The Kier molecular flexibility index (Phi) is 11.0. The van der Waals surface area contributed by atoms with Crippen LogP contribution in [0.15, 0.2) is 0 Å². The fraction of sp³-hybridized carbons (Fsp3) is 1.00. The molecule has 0 aromatic rings. The van der Waals surface area contributed by atoms with E-state index in [1.54, 1.807) is 0 Å². The van der Waals surface area contributed by atoms with E-state index in [1.165, 1.54) is 12.8 Å². The average molecular weight is 103 g/mol. The van der Waals surface area contributed by atoms with Crippen molar-refractivity contribution in [3.8, 4) is 0 Å². The van der Waals surface area contributed by atoms with Gasteiger partial charge >= 0.3 is 18.9 Å². The predicted octanol–water partition coefficient (Wildman–Crippen LogP) is -0.842. The Morgan fingerprint density at radius 1 is 1.38 bits per heavy atom. The van der Waals surface area contributed by atoms with Gasteiger partial charge in [0.15, 0.2) is 0 Å². The fourth-order valence-corrected chi connectivity index (χ4v) is 0.575. The Morgan fingerprint density at radius 3 is 2.00 bits per heavy atom. The summed E-state index contributed by atoms with van der Waals surface area (Å²) in [4.78, 5) is 0. The maximum Gasteiger partial charge on any atom is 1.00 e. The van der Waals surface area contributed by atoms with E-state index in [-0.39, 0.29) is 18.9 Å². The molecule has 0 aliphatic rings. The minimum absolute atomic E-state index is 0. The van der Waals surface area contributed by atoms with E-state index in [2.05, 4.69) is 13.8 Å². The summed E-state index contributed by atoms with van der Waals surface area (Å²) >= 11 is 0. The Bertz CT molecular complexity index is 39.5. The van der Waals surface area contributed by atoms with Crippen molar-refractivity contribution in [1.29, 1.82) is 0 Å². The molecular formula is C6H13BLi. The van der Waals surface area contributed by atoms with Crippen LogP contribution in [0.5, 0.6) is 0 Å². The topological polar surface area (TPSA) is 0 Å². The molecule has 0 spiro atoms. The van der Waals surface area contributed by atoms with Crippen LogP contribution in [0.4, 0.5) is 0 Å². The van der Waals surface area contributed by atoms with E-state index < -0.39 is 0 Å². The van der Waals surface area contributed by atoms with Gasteiger partial charge in [0.1, 0.15) is 0 Å². The summed E-state index contributed by atoms with van der Waals surface area (Å²) in [6, 6.07) is 0. The molecule has 0 aliphatic carbocycles. The van der Waals surface area contributed by atoms with Crippen LogP contribution < -0.4 is 18.9 Å². The van der Waals surface area contributed by atoms with E-state index in [1.807, 2.05) is 0 Å². The van der Waals surface area contributed by atoms with Crippen LogP contribution in [0.1, 0.15) is 33.1 Å². The minimum Gasteiger partial charge on any atom is -0.622 e. The molecule has 1 atom stereocenters. The Balaban J connectivity index is 0. The van der Waals surface area contributed by atoms with Crippen LogP contribution in [0.3, 0.4) is 0 Å². The van der Waals surface area contributed by atoms with Crippen LogP contribution in [-0.4, -0.2) is 7.85 Å². The molecule has 0 aromatic carbocycles. The zero-order valence-corrected chi connectivity index (χ0v) is 6.28. The third kappa shape index (κ3) is 6.66. The summed E-state index contributed by atoms with van der Waals surface area (Å²) in [5.74, 6) is 0.449. The molecule has 0 saturated heterocycles. The fourth-order valence-electron chi connectivity index (χ4n) is 0.575. The molecule has 0 aromatic heterocycles. The van der Waals surface area contributed by atoms with Crippen molar-refractivity contribution in [3.63, 3.8) is 0 Å². The van der Waals surface area contributed by atoms with Crippen molar-refractivity contribution >= 4 is 7.85 Å². The summed E-state index contributed by atoms with van der Waals surface area (Å²) in [7, 11) is 5.58. The van der Waals surface area contributed by atoms with Crippen LogP contribution in [-0.2, 0) is 0 Å². The van der Waals surface area contributed by atoms with Gasteiger partial charge in [-0.25, -0.2) is 0 Å². The smallest absolute Gasteiger partial charge is 0.622 e. The standard InChI is InChI=1S/C6H13B.Li/c1-3-5-6(7)4-2;/h6H,3-5H2,1-2H3;/q-1;+1/t6-;/m1./s1. The first-order chi connectivity index (χ1) is 3.31. The maximum atomic E-state index is 5.58. The van der Waals surface area contributed by atoms with E-state index in [9.17, 15) is 0 Å². The molecule has 8 heavy (non-hydrogen) atoms. The molecule has 0 N–H and O–H groups in total. The molecule has 0 unspecified atom stereocenters. The second-order valence-electron chi connectivity index (χ2n) is 1.96. The van der Waals surface area contributed by atoms with Crippen LogP contribution in [0.2, 0.25) is 5.82 Å². The largest absolute Gasteiger partial charge is 1.00 e. The van der Waals surface area contributed by atoms with Gasteiger partial charge in [-0.2, -0.15) is 0 Å². The van der Waals surface area contributed by atoms with Gasteiger partial charge in [0.25, 0.3) is 0 Å². The van der Waals surface area contributed by atoms with E-state index in [0.29, 0.717) is 5.82 Å². The summed E-state index contributed by atoms with van der Waals surface area (Å²) in [6.07, 6.45) is 3.51. The van der Waals surface area contributed by atoms with E-state index in [0.717, 1.165) is 6.42 Å². The number of hydrogen-bond acceptors (Lipinski definition) is 0. The van der Waals surface area contributed by atoms with Gasteiger partial charge in [-0.3, -0.25) is 5.82 Å². The average Bonchev–Trinajstić information content (AvgIpc) is 1.68. The summed E-state index contributed by atoms with van der Waals surface area (Å²) in [5, 5.41) is 0. The quantitative estimate of drug-likeness (QED) is 0.408. The first-order valence-electron chi connectivity index (χ1n) is 3.06. The van der Waals surface area contributed by atoms with Crippen molar-refractivity contribution in [2.24, 2.45) is 0 Å². The molecule has 41 valence electrons. The molecule has 0 amide bonds. The maximum absolute atomic E-state index is 5.58. The van der Waals surface area contributed by atoms with Gasteiger partial charge in [0.2, 0.25) is 0 Å². The molecule has 0 fully saturated rings. The Labute approximate surface area is 66.0 Å². The summed E-state index contributed by atoms with van der Waals surface area (Å²) < 4.78 is 0. The van der Waals surface area contributed by atoms with Gasteiger partial charge < -0.3 is 7.85 Å². The van der Waals surface area contributed by atoms with Crippen molar-refractivity contribution in [2.75, 3.05) is 0 Å². The third-order valence-corrected chi connectivity index (χ3v) is 1.18. The van der Waals surface area contributed by atoms with E-state index >= 15 is 0 Å². The minimum atomic E-state index is 0. The van der Waals surface area contributed by atoms with Gasteiger partial charge in [-0.1, -0.05) is 33.1 Å². The summed E-state index contributed by atoms with van der Waals surface area (Å²) in [5.41, 5.74) is 0. The normalized spacial score (nSPS) is 12.4. The van der Waals surface area contributed by atoms with Crippen molar-refractivity contribution < 1.29 is 18.9 Å². The Morgan fingerprint density at radius 2 is 1.88 bits per heavy atom. The van der Waals surface area contributed by atoms with Gasteiger partial charge in [0, 0.05) is 0 Å². The monoisotopic (exact) mass is 103 g/mol. The molecular weight excluding hydrogens is 89.8 g/mol.